The van der Waals surface area contributed by atoms with E-state index in [9.17, 15) is 4.79 Å². The average molecular weight is 469 g/mol. The van der Waals surface area contributed by atoms with Crippen LogP contribution in [0.1, 0.15) is 29.9 Å². The summed E-state index contributed by atoms with van der Waals surface area (Å²) in [5.74, 6) is 1.78. The number of rotatable bonds is 9. The van der Waals surface area contributed by atoms with Gasteiger partial charge in [-0.1, -0.05) is 25.4 Å². The van der Waals surface area contributed by atoms with Crippen molar-refractivity contribution in [1.29, 1.82) is 0 Å². The molecule has 0 fully saturated rings. The maximum atomic E-state index is 12.5. The molecule has 0 radical (unpaired) electrons. The number of halogens is 1. The van der Waals surface area contributed by atoms with Crippen LogP contribution >= 0.6 is 11.6 Å². The number of carbonyl (C=O) groups excluding carboxylic acids is 1. The topological polar surface area (TPSA) is 94.9 Å². The Labute approximate surface area is 197 Å². The van der Waals surface area contributed by atoms with Crippen LogP contribution in [-0.4, -0.2) is 42.9 Å². The Kier molecular flexibility index (Phi) is 8.21. The van der Waals surface area contributed by atoms with Crippen LogP contribution in [-0.2, 0) is 0 Å². The van der Waals surface area contributed by atoms with Gasteiger partial charge in [0.25, 0.3) is 5.91 Å². The van der Waals surface area contributed by atoms with Crippen molar-refractivity contribution in [3.05, 3.63) is 65.1 Å². The Morgan fingerprint density at radius 3 is 2.45 bits per heavy atom. The highest BCUT2D eigenvalue weighted by molar-refractivity contribution is 6.33. The maximum Gasteiger partial charge on any atom is 0.291 e. The lowest BCUT2D eigenvalue weighted by atomic mass is 10.1. The first-order valence-electron chi connectivity index (χ1n) is 10.2. The van der Waals surface area contributed by atoms with Gasteiger partial charge in [0.15, 0.2) is 0 Å². The van der Waals surface area contributed by atoms with Gasteiger partial charge in [0.1, 0.15) is 22.9 Å². The molecule has 0 bridgehead atoms. The molecule has 172 valence electrons. The largest absolute Gasteiger partial charge is 0.497 e. The van der Waals surface area contributed by atoms with Gasteiger partial charge >= 0.3 is 0 Å². The van der Waals surface area contributed by atoms with Gasteiger partial charge in [-0.3, -0.25) is 9.78 Å². The predicted molar refractivity (Wildman–Crippen MR) is 127 cm³/mol. The Bertz CT molecular complexity index is 1130. The number of aromatic nitrogens is 2. The number of nitrogens with zero attached hydrogens (tertiary/aromatic N) is 3. The van der Waals surface area contributed by atoms with Crippen LogP contribution < -0.4 is 19.6 Å². The molecule has 2 aromatic carbocycles. The second-order valence-electron chi connectivity index (χ2n) is 7.48. The molecule has 0 aliphatic heterocycles. The third-order valence-corrected chi connectivity index (χ3v) is 4.73. The SMILES string of the molecule is COc1cc(C=NNC(=O)c2cncc(-c3ccc(OCC(C)C)cc3Cl)n2)cc(OC)c1. The Hall–Kier alpha value is -3.65. The Balaban J connectivity index is 1.72. The number of amides is 1. The molecule has 0 unspecified atom stereocenters. The predicted octanol–water partition coefficient (Wildman–Crippen LogP) is 4.61. The minimum Gasteiger partial charge on any atom is -0.497 e. The van der Waals surface area contributed by atoms with Crippen molar-refractivity contribution >= 4 is 23.7 Å². The monoisotopic (exact) mass is 468 g/mol. The summed E-state index contributed by atoms with van der Waals surface area (Å²) in [6.45, 7) is 4.73. The fourth-order valence-corrected chi connectivity index (χ4v) is 3.06. The van der Waals surface area contributed by atoms with Crippen molar-refractivity contribution < 1.29 is 19.0 Å². The molecular weight excluding hydrogens is 444 g/mol. The lowest BCUT2D eigenvalue weighted by molar-refractivity contribution is 0.0950. The summed E-state index contributed by atoms with van der Waals surface area (Å²) in [4.78, 5) is 21.0. The highest BCUT2D eigenvalue weighted by atomic mass is 35.5. The molecule has 0 aliphatic carbocycles. The molecule has 0 spiro atoms. The number of methoxy groups -OCH3 is 2. The van der Waals surface area contributed by atoms with Gasteiger partial charge in [-0.2, -0.15) is 5.10 Å². The Morgan fingerprint density at radius 1 is 1.09 bits per heavy atom. The van der Waals surface area contributed by atoms with Crippen molar-refractivity contribution in [2.75, 3.05) is 20.8 Å². The van der Waals surface area contributed by atoms with E-state index in [2.05, 4.69) is 34.3 Å². The Morgan fingerprint density at radius 2 is 1.82 bits per heavy atom. The first-order chi connectivity index (χ1) is 15.9. The number of benzene rings is 2. The van der Waals surface area contributed by atoms with Gasteiger partial charge in [-0.25, -0.2) is 10.4 Å². The summed E-state index contributed by atoms with van der Waals surface area (Å²) < 4.78 is 16.1. The molecule has 0 aliphatic rings. The van der Waals surface area contributed by atoms with Crippen LogP contribution in [0.2, 0.25) is 5.02 Å². The van der Waals surface area contributed by atoms with E-state index in [-0.39, 0.29) is 5.69 Å². The van der Waals surface area contributed by atoms with E-state index in [0.717, 1.165) is 0 Å². The van der Waals surface area contributed by atoms with E-state index < -0.39 is 5.91 Å². The molecule has 1 heterocycles. The summed E-state index contributed by atoms with van der Waals surface area (Å²) in [6.07, 6.45) is 4.38. The van der Waals surface area contributed by atoms with E-state index in [4.69, 9.17) is 25.8 Å². The number of ether oxygens (including phenoxy) is 3. The minimum atomic E-state index is -0.511. The van der Waals surface area contributed by atoms with Crippen LogP contribution in [0, 0.1) is 5.92 Å². The zero-order chi connectivity index (χ0) is 23.8. The summed E-state index contributed by atoms with van der Waals surface area (Å²) in [7, 11) is 3.11. The van der Waals surface area contributed by atoms with Crippen molar-refractivity contribution in [2.45, 2.75) is 13.8 Å². The second kappa shape index (κ2) is 11.3. The highest BCUT2D eigenvalue weighted by Crippen LogP contribution is 2.30. The van der Waals surface area contributed by atoms with E-state index in [0.29, 0.717) is 51.6 Å². The van der Waals surface area contributed by atoms with Crippen LogP contribution in [0.5, 0.6) is 17.2 Å². The number of hydrogen-bond acceptors (Lipinski definition) is 7. The third-order valence-electron chi connectivity index (χ3n) is 4.42. The first kappa shape index (κ1) is 24.0. The summed E-state index contributed by atoms with van der Waals surface area (Å²) in [5.41, 5.74) is 4.34. The highest BCUT2D eigenvalue weighted by Gasteiger charge is 2.12. The number of nitrogens with one attached hydrogen (secondary N) is 1. The van der Waals surface area contributed by atoms with E-state index in [1.54, 1.807) is 50.7 Å². The summed E-state index contributed by atoms with van der Waals surface area (Å²) in [6, 6.07) is 10.6. The molecule has 1 N–H and O–H groups in total. The van der Waals surface area contributed by atoms with Crippen molar-refractivity contribution in [3.63, 3.8) is 0 Å². The molecule has 1 amide bonds. The maximum absolute atomic E-state index is 12.5. The molecule has 33 heavy (non-hydrogen) atoms. The molecule has 1 aromatic heterocycles. The molecule has 8 nitrogen and oxygen atoms in total. The molecule has 0 atom stereocenters. The van der Waals surface area contributed by atoms with Crippen molar-refractivity contribution in [3.8, 4) is 28.5 Å². The number of carbonyl (C=O) groups is 1. The van der Waals surface area contributed by atoms with Crippen molar-refractivity contribution in [1.82, 2.24) is 15.4 Å². The lowest BCUT2D eigenvalue weighted by Crippen LogP contribution is -2.19. The van der Waals surface area contributed by atoms with Gasteiger partial charge in [0.2, 0.25) is 0 Å². The lowest BCUT2D eigenvalue weighted by Gasteiger charge is -2.11. The quantitative estimate of drug-likeness (QED) is 0.364. The first-order valence-corrected chi connectivity index (χ1v) is 10.6. The smallest absolute Gasteiger partial charge is 0.291 e. The average Bonchev–Trinajstić information content (AvgIpc) is 2.82. The standard InChI is InChI=1S/C24H25ClN4O4/c1-15(2)14-33-17-5-6-20(21(25)10-17)22-12-26-13-23(28-22)24(30)29-27-11-16-7-18(31-3)9-19(8-16)32-4/h5-13,15H,14H2,1-4H3,(H,29,30). The minimum absolute atomic E-state index is 0.101. The molecule has 9 heteroatoms. The fourth-order valence-electron chi connectivity index (χ4n) is 2.79. The van der Waals surface area contributed by atoms with Crippen LogP contribution in [0.4, 0.5) is 0 Å². The number of hydrogen-bond donors (Lipinski definition) is 1. The van der Waals surface area contributed by atoms with Gasteiger partial charge in [-0.15, -0.1) is 0 Å². The zero-order valence-corrected chi connectivity index (χ0v) is 19.6. The molecule has 3 rings (SSSR count). The van der Waals surface area contributed by atoms with E-state index >= 15 is 0 Å². The molecule has 0 saturated carbocycles. The van der Waals surface area contributed by atoms with Crippen molar-refractivity contribution in [2.24, 2.45) is 11.0 Å². The van der Waals surface area contributed by atoms with E-state index in [1.807, 2.05) is 6.07 Å². The van der Waals surface area contributed by atoms with E-state index in [1.165, 1.54) is 12.4 Å². The molecular formula is C24H25ClN4O4. The zero-order valence-electron chi connectivity index (χ0n) is 18.8. The number of hydrazone groups is 1. The van der Waals surface area contributed by atoms with Gasteiger partial charge in [-0.05, 0) is 36.2 Å². The summed E-state index contributed by atoms with van der Waals surface area (Å²) >= 11 is 6.42. The van der Waals surface area contributed by atoms with Crippen LogP contribution in [0.25, 0.3) is 11.3 Å². The third kappa shape index (κ3) is 6.66. The van der Waals surface area contributed by atoms with Gasteiger partial charge in [0.05, 0.1) is 50.2 Å². The molecule has 3 aromatic rings. The fraction of sp³-hybridized carbons (Fsp3) is 0.250. The second-order valence-corrected chi connectivity index (χ2v) is 7.89. The van der Waals surface area contributed by atoms with Gasteiger partial charge in [0, 0.05) is 17.2 Å². The van der Waals surface area contributed by atoms with Crippen LogP contribution in [0.3, 0.4) is 0 Å². The van der Waals surface area contributed by atoms with Crippen LogP contribution in [0.15, 0.2) is 53.9 Å². The molecule has 0 saturated heterocycles. The summed E-state index contributed by atoms with van der Waals surface area (Å²) in [5, 5.41) is 4.44. The normalized spacial score (nSPS) is 11.0. The van der Waals surface area contributed by atoms with Gasteiger partial charge < -0.3 is 14.2 Å².